The van der Waals surface area contributed by atoms with E-state index >= 15 is 0 Å². The maximum atomic E-state index is 12.7. The van der Waals surface area contributed by atoms with Gasteiger partial charge in [0.25, 0.3) is 5.91 Å². The minimum Gasteiger partial charge on any atom is -0.465 e. The van der Waals surface area contributed by atoms with Crippen LogP contribution in [0.4, 0.5) is 11.6 Å². The Bertz CT molecular complexity index is 786. The number of rotatable bonds is 4. The Morgan fingerprint density at radius 1 is 1.08 bits per heavy atom. The molecule has 1 amide bonds. The first-order chi connectivity index (χ1) is 12.7. The molecule has 26 heavy (non-hydrogen) atoms. The number of aromatic nitrogens is 2. The van der Waals surface area contributed by atoms with Gasteiger partial charge in [-0.25, -0.2) is 14.8 Å². The van der Waals surface area contributed by atoms with E-state index in [9.17, 15) is 9.59 Å². The largest absolute Gasteiger partial charge is 0.465 e. The molecule has 0 spiro atoms. The van der Waals surface area contributed by atoms with Gasteiger partial charge in [-0.2, -0.15) is 0 Å². The molecule has 0 aliphatic carbocycles. The first-order valence-corrected chi connectivity index (χ1v) is 8.76. The number of nitrogens with zero attached hydrogens (tertiary/aromatic N) is 3. The van der Waals surface area contributed by atoms with Crippen LogP contribution in [-0.2, 0) is 4.74 Å². The van der Waals surface area contributed by atoms with Gasteiger partial charge in [0.2, 0.25) is 5.95 Å². The molecule has 2 aromatic rings. The fraction of sp³-hybridized carbons (Fsp3) is 0.368. The lowest BCUT2D eigenvalue weighted by Crippen LogP contribution is -2.32. The summed E-state index contributed by atoms with van der Waals surface area (Å²) >= 11 is 0. The molecule has 7 nitrogen and oxygen atoms in total. The second-order valence-electron chi connectivity index (χ2n) is 6.13. The van der Waals surface area contributed by atoms with E-state index in [4.69, 9.17) is 4.74 Å². The van der Waals surface area contributed by atoms with E-state index in [-0.39, 0.29) is 11.9 Å². The molecular weight excluding hydrogens is 332 g/mol. The third-order valence-electron chi connectivity index (χ3n) is 4.35. The number of carbonyl (C=O) groups is 2. The van der Waals surface area contributed by atoms with Gasteiger partial charge in [0.15, 0.2) is 0 Å². The van der Waals surface area contributed by atoms with E-state index in [1.165, 1.54) is 7.11 Å². The number of anilines is 2. The van der Waals surface area contributed by atoms with E-state index in [0.29, 0.717) is 16.9 Å². The van der Waals surface area contributed by atoms with Gasteiger partial charge in [-0.05, 0) is 31.0 Å². The van der Waals surface area contributed by atoms with E-state index in [1.807, 2.05) is 4.90 Å². The number of carbonyl (C=O) groups excluding carboxylic acids is 2. The molecule has 1 saturated heterocycles. The Morgan fingerprint density at radius 3 is 2.54 bits per heavy atom. The normalized spacial score (nSPS) is 14.4. The zero-order valence-electron chi connectivity index (χ0n) is 14.8. The van der Waals surface area contributed by atoms with Crippen molar-refractivity contribution in [1.82, 2.24) is 14.9 Å². The Morgan fingerprint density at radius 2 is 1.81 bits per heavy atom. The van der Waals surface area contributed by atoms with Gasteiger partial charge in [0.1, 0.15) is 5.69 Å². The molecule has 2 heterocycles. The summed E-state index contributed by atoms with van der Waals surface area (Å²) in [5, 5.41) is 3.00. The van der Waals surface area contributed by atoms with E-state index in [2.05, 4.69) is 15.3 Å². The molecular formula is C19H22N4O3. The number of esters is 1. The van der Waals surface area contributed by atoms with Crippen LogP contribution in [0.2, 0.25) is 0 Å². The van der Waals surface area contributed by atoms with Gasteiger partial charge < -0.3 is 15.0 Å². The molecule has 1 aromatic heterocycles. The number of hydrogen-bond donors (Lipinski definition) is 1. The first-order valence-electron chi connectivity index (χ1n) is 8.76. The molecule has 1 aliphatic heterocycles. The number of hydrogen-bond acceptors (Lipinski definition) is 6. The topological polar surface area (TPSA) is 84.4 Å². The van der Waals surface area contributed by atoms with Crippen molar-refractivity contribution >= 4 is 23.5 Å². The van der Waals surface area contributed by atoms with Gasteiger partial charge in [-0.3, -0.25) is 4.79 Å². The van der Waals surface area contributed by atoms with Crippen LogP contribution in [0.3, 0.4) is 0 Å². The van der Waals surface area contributed by atoms with Crippen molar-refractivity contribution in [2.45, 2.75) is 25.7 Å². The third-order valence-corrected chi connectivity index (χ3v) is 4.35. The zero-order chi connectivity index (χ0) is 18.4. The molecule has 1 fully saturated rings. The van der Waals surface area contributed by atoms with Crippen LogP contribution in [0.25, 0.3) is 0 Å². The van der Waals surface area contributed by atoms with Crippen LogP contribution in [-0.4, -0.2) is 46.9 Å². The van der Waals surface area contributed by atoms with Crippen LogP contribution < -0.4 is 5.32 Å². The number of nitrogens with one attached hydrogen (secondary N) is 1. The van der Waals surface area contributed by atoms with Crippen molar-refractivity contribution in [3.05, 3.63) is 47.8 Å². The highest BCUT2D eigenvalue weighted by molar-refractivity contribution is 5.96. The predicted octanol–water partition coefficient (Wildman–Crippen LogP) is 3.02. The van der Waals surface area contributed by atoms with Crippen LogP contribution >= 0.6 is 0 Å². The summed E-state index contributed by atoms with van der Waals surface area (Å²) < 4.78 is 4.79. The average Bonchev–Trinajstić information content (AvgIpc) is 2.97. The fourth-order valence-electron chi connectivity index (χ4n) is 2.97. The highest BCUT2D eigenvalue weighted by Crippen LogP contribution is 2.20. The highest BCUT2D eigenvalue weighted by Gasteiger charge is 2.19. The van der Waals surface area contributed by atoms with Crippen LogP contribution in [0.5, 0.6) is 0 Å². The van der Waals surface area contributed by atoms with Crippen molar-refractivity contribution in [3.8, 4) is 0 Å². The fourth-order valence-corrected chi connectivity index (χ4v) is 2.97. The number of ether oxygens (including phenoxy) is 1. The number of likely N-dealkylation sites (tertiary alicyclic amines) is 1. The van der Waals surface area contributed by atoms with Gasteiger partial charge >= 0.3 is 5.97 Å². The summed E-state index contributed by atoms with van der Waals surface area (Å²) in [7, 11) is 1.33. The second kappa shape index (κ2) is 8.42. The smallest absolute Gasteiger partial charge is 0.339 e. The molecule has 3 rings (SSSR count). The van der Waals surface area contributed by atoms with Crippen molar-refractivity contribution in [2.75, 3.05) is 25.5 Å². The standard InChI is InChI=1S/C19H22N4O3/c1-26-18(25)14-8-4-5-9-15(14)21-19-20-11-10-16(22-19)17(24)23-12-6-2-3-7-13-23/h4-5,8-11H,2-3,6-7,12-13H2,1H3,(H,20,21,22). The molecule has 1 N–H and O–H groups in total. The minimum atomic E-state index is -0.454. The van der Waals surface area contributed by atoms with Gasteiger partial charge in [0.05, 0.1) is 18.4 Å². The molecule has 7 heteroatoms. The molecule has 136 valence electrons. The van der Waals surface area contributed by atoms with E-state index in [0.717, 1.165) is 38.8 Å². The second-order valence-corrected chi connectivity index (χ2v) is 6.13. The SMILES string of the molecule is COC(=O)c1ccccc1Nc1nccc(C(=O)N2CCCCCC2)n1. The summed E-state index contributed by atoms with van der Waals surface area (Å²) in [6.07, 6.45) is 5.90. The maximum Gasteiger partial charge on any atom is 0.339 e. The number of benzene rings is 1. The van der Waals surface area contributed by atoms with Crippen molar-refractivity contribution in [2.24, 2.45) is 0 Å². The monoisotopic (exact) mass is 354 g/mol. The van der Waals surface area contributed by atoms with Crippen molar-refractivity contribution < 1.29 is 14.3 Å². The van der Waals surface area contributed by atoms with Crippen molar-refractivity contribution in [3.63, 3.8) is 0 Å². The molecule has 0 unspecified atom stereocenters. The summed E-state index contributed by atoms with van der Waals surface area (Å²) in [5.74, 6) is -0.273. The summed E-state index contributed by atoms with van der Waals surface area (Å²) in [5.41, 5.74) is 1.25. The van der Waals surface area contributed by atoms with E-state index < -0.39 is 5.97 Å². The Labute approximate surface area is 152 Å². The van der Waals surface area contributed by atoms with E-state index in [1.54, 1.807) is 36.5 Å². The third kappa shape index (κ3) is 4.17. The molecule has 1 aromatic carbocycles. The summed E-state index contributed by atoms with van der Waals surface area (Å²) in [6.45, 7) is 1.52. The predicted molar refractivity (Wildman–Crippen MR) is 97.5 cm³/mol. The lowest BCUT2D eigenvalue weighted by Gasteiger charge is -2.19. The Hall–Kier alpha value is -2.96. The van der Waals surface area contributed by atoms with Crippen LogP contribution in [0.15, 0.2) is 36.5 Å². The molecule has 1 aliphatic rings. The summed E-state index contributed by atoms with van der Waals surface area (Å²) in [4.78, 5) is 34.9. The number of methoxy groups -OCH3 is 1. The average molecular weight is 354 g/mol. The Balaban J connectivity index is 1.80. The molecule has 0 atom stereocenters. The highest BCUT2D eigenvalue weighted by atomic mass is 16.5. The number of amides is 1. The van der Waals surface area contributed by atoms with Crippen LogP contribution in [0.1, 0.15) is 46.5 Å². The van der Waals surface area contributed by atoms with Gasteiger partial charge in [-0.15, -0.1) is 0 Å². The first kappa shape index (κ1) is 17.8. The molecule has 0 saturated carbocycles. The lowest BCUT2D eigenvalue weighted by atomic mass is 10.2. The lowest BCUT2D eigenvalue weighted by molar-refractivity contribution is 0.0601. The minimum absolute atomic E-state index is 0.0846. The molecule has 0 bridgehead atoms. The maximum absolute atomic E-state index is 12.7. The quantitative estimate of drug-likeness (QED) is 0.850. The van der Waals surface area contributed by atoms with Crippen LogP contribution in [0, 0.1) is 0 Å². The Kier molecular flexibility index (Phi) is 5.78. The molecule has 0 radical (unpaired) electrons. The van der Waals surface area contributed by atoms with Gasteiger partial charge in [0, 0.05) is 19.3 Å². The number of para-hydroxylation sites is 1. The van der Waals surface area contributed by atoms with Crippen molar-refractivity contribution in [1.29, 1.82) is 0 Å². The summed E-state index contributed by atoms with van der Waals surface area (Å²) in [6, 6.07) is 8.54. The van der Waals surface area contributed by atoms with Gasteiger partial charge in [-0.1, -0.05) is 25.0 Å². The zero-order valence-corrected chi connectivity index (χ0v) is 14.8.